The van der Waals surface area contributed by atoms with Gasteiger partial charge in [0.05, 0.1) is 5.56 Å². The van der Waals surface area contributed by atoms with Crippen molar-refractivity contribution < 1.29 is 14.7 Å². The summed E-state index contributed by atoms with van der Waals surface area (Å²) in [7, 11) is 0. The first kappa shape index (κ1) is 14.8. The van der Waals surface area contributed by atoms with Gasteiger partial charge in [-0.05, 0) is 55.7 Å². The summed E-state index contributed by atoms with van der Waals surface area (Å²) in [5.41, 5.74) is 3.90. The predicted octanol–water partition coefficient (Wildman–Crippen LogP) is 3.56. The van der Waals surface area contributed by atoms with Gasteiger partial charge in [-0.3, -0.25) is 4.79 Å². The summed E-state index contributed by atoms with van der Waals surface area (Å²) in [5, 5.41) is 11.8. The fourth-order valence-corrected chi connectivity index (χ4v) is 2.35. The number of nitrogens with one attached hydrogen (secondary N) is 1. The van der Waals surface area contributed by atoms with E-state index in [1.54, 1.807) is 19.1 Å². The van der Waals surface area contributed by atoms with Gasteiger partial charge in [-0.15, -0.1) is 0 Å². The van der Waals surface area contributed by atoms with Crippen LogP contribution in [0, 0.1) is 20.8 Å². The van der Waals surface area contributed by atoms with Crippen LogP contribution in [0.4, 0.5) is 5.69 Å². The van der Waals surface area contributed by atoms with Gasteiger partial charge in [0.2, 0.25) is 0 Å². The number of carbonyl (C=O) groups excluding carboxylic acids is 1. The summed E-state index contributed by atoms with van der Waals surface area (Å²) < 4.78 is 0. The van der Waals surface area contributed by atoms with Crippen LogP contribution in [0.15, 0.2) is 36.4 Å². The number of amides is 1. The van der Waals surface area contributed by atoms with Crippen molar-refractivity contribution in [3.05, 3.63) is 64.2 Å². The number of carboxylic acids is 1. The number of benzene rings is 2. The van der Waals surface area contributed by atoms with Crippen LogP contribution >= 0.6 is 0 Å². The van der Waals surface area contributed by atoms with E-state index in [4.69, 9.17) is 5.11 Å². The summed E-state index contributed by atoms with van der Waals surface area (Å²) in [6, 6.07) is 10.4. The Morgan fingerprint density at radius 3 is 2.10 bits per heavy atom. The van der Waals surface area contributed by atoms with Crippen molar-refractivity contribution in [2.24, 2.45) is 0 Å². The molecule has 0 spiro atoms. The van der Waals surface area contributed by atoms with Crippen LogP contribution in [0.2, 0.25) is 0 Å². The molecule has 4 nitrogen and oxygen atoms in total. The summed E-state index contributed by atoms with van der Waals surface area (Å²) in [6.07, 6.45) is 0. The highest BCUT2D eigenvalue weighted by molar-refractivity contribution is 6.06. The molecule has 2 aromatic carbocycles. The minimum atomic E-state index is -0.972. The van der Waals surface area contributed by atoms with Crippen molar-refractivity contribution >= 4 is 17.6 Å². The van der Waals surface area contributed by atoms with Crippen molar-refractivity contribution in [1.29, 1.82) is 0 Å². The van der Waals surface area contributed by atoms with Gasteiger partial charge in [-0.2, -0.15) is 0 Å². The molecule has 0 aliphatic carbocycles. The standard InChI is InChI=1S/C17H17NO3/c1-10-5-4-6-11(2)15(10)16(19)18-13-7-8-14(17(20)21)12(3)9-13/h4-9H,1-3H3,(H,18,19)(H,20,21). The first-order chi connectivity index (χ1) is 9.90. The first-order valence-corrected chi connectivity index (χ1v) is 6.61. The second kappa shape index (κ2) is 5.79. The van der Waals surface area contributed by atoms with E-state index in [1.165, 1.54) is 6.07 Å². The SMILES string of the molecule is Cc1cc(NC(=O)c2c(C)cccc2C)ccc1C(=O)O. The normalized spacial score (nSPS) is 10.2. The van der Waals surface area contributed by atoms with Crippen LogP contribution in [-0.2, 0) is 0 Å². The average Bonchev–Trinajstić information content (AvgIpc) is 2.37. The van der Waals surface area contributed by atoms with Crippen LogP contribution in [0.5, 0.6) is 0 Å². The first-order valence-electron chi connectivity index (χ1n) is 6.61. The molecule has 2 N–H and O–H groups in total. The van der Waals surface area contributed by atoms with E-state index in [0.717, 1.165) is 11.1 Å². The Hall–Kier alpha value is -2.62. The largest absolute Gasteiger partial charge is 0.478 e. The average molecular weight is 283 g/mol. The maximum Gasteiger partial charge on any atom is 0.335 e. The van der Waals surface area contributed by atoms with Crippen LogP contribution in [0.3, 0.4) is 0 Å². The number of hydrogen-bond donors (Lipinski definition) is 2. The van der Waals surface area contributed by atoms with Crippen molar-refractivity contribution in [3.63, 3.8) is 0 Å². The van der Waals surface area contributed by atoms with E-state index in [1.807, 2.05) is 32.0 Å². The molecule has 0 aliphatic heterocycles. The lowest BCUT2D eigenvalue weighted by Crippen LogP contribution is -2.15. The molecule has 4 heteroatoms. The lowest BCUT2D eigenvalue weighted by atomic mass is 10.0. The maximum atomic E-state index is 12.4. The highest BCUT2D eigenvalue weighted by Gasteiger charge is 2.13. The van der Waals surface area contributed by atoms with E-state index in [2.05, 4.69) is 5.32 Å². The summed E-state index contributed by atoms with van der Waals surface area (Å²) in [5.74, 6) is -1.16. The van der Waals surface area contributed by atoms with E-state index < -0.39 is 5.97 Å². The Morgan fingerprint density at radius 1 is 0.952 bits per heavy atom. The molecule has 1 amide bonds. The molecule has 0 radical (unpaired) electrons. The van der Waals surface area contributed by atoms with Crippen LogP contribution < -0.4 is 5.32 Å². The number of hydrogen-bond acceptors (Lipinski definition) is 2. The van der Waals surface area contributed by atoms with Gasteiger partial charge in [0, 0.05) is 11.3 Å². The lowest BCUT2D eigenvalue weighted by Gasteiger charge is -2.11. The zero-order chi connectivity index (χ0) is 15.6. The van der Waals surface area contributed by atoms with Gasteiger partial charge >= 0.3 is 5.97 Å². The number of aryl methyl sites for hydroxylation is 3. The van der Waals surface area contributed by atoms with Crippen molar-refractivity contribution in [3.8, 4) is 0 Å². The van der Waals surface area contributed by atoms with Crippen molar-refractivity contribution in [1.82, 2.24) is 0 Å². The molecular formula is C17H17NO3. The van der Waals surface area contributed by atoms with Crippen LogP contribution in [0.1, 0.15) is 37.4 Å². The summed E-state index contributed by atoms with van der Waals surface area (Å²) in [6.45, 7) is 5.49. The number of anilines is 1. The zero-order valence-electron chi connectivity index (χ0n) is 12.2. The molecule has 0 unspecified atom stereocenters. The maximum absolute atomic E-state index is 12.4. The van der Waals surface area contributed by atoms with Crippen LogP contribution in [-0.4, -0.2) is 17.0 Å². The Bertz CT molecular complexity index is 700. The van der Waals surface area contributed by atoms with Gasteiger partial charge in [0.1, 0.15) is 0 Å². The summed E-state index contributed by atoms with van der Waals surface area (Å²) >= 11 is 0. The van der Waals surface area contributed by atoms with E-state index in [9.17, 15) is 9.59 Å². The fraction of sp³-hybridized carbons (Fsp3) is 0.176. The fourth-order valence-electron chi connectivity index (χ4n) is 2.35. The quantitative estimate of drug-likeness (QED) is 0.905. The molecule has 108 valence electrons. The van der Waals surface area contributed by atoms with Crippen LogP contribution in [0.25, 0.3) is 0 Å². The third-order valence-electron chi connectivity index (χ3n) is 3.42. The Kier molecular flexibility index (Phi) is 4.08. The minimum Gasteiger partial charge on any atom is -0.478 e. The predicted molar refractivity (Wildman–Crippen MR) is 82.0 cm³/mol. The van der Waals surface area contributed by atoms with Gasteiger partial charge < -0.3 is 10.4 Å². The molecule has 2 aromatic rings. The molecule has 0 saturated carbocycles. The third kappa shape index (κ3) is 3.11. The molecular weight excluding hydrogens is 266 g/mol. The van der Waals surface area contributed by atoms with Crippen molar-refractivity contribution in [2.75, 3.05) is 5.32 Å². The van der Waals surface area contributed by atoms with Gasteiger partial charge in [-0.25, -0.2) is 4.79 Å². The molecule has 21 heavy (non-hydrogen) atoms. The lowest BCUT2D eigenvalue weighted by molar-refractivity contribution is 0.0696. The van der Waals surface area contributed by atoms with E-state index in [-0.39, 0.29) is 11.5 Å². The topological polar surface area (TPSA) is 66.4 Å². The number of rotatable bonds is 3. The van der Waals surface area contributed by atoms with Crippen molar-refractivity contribution in [2.45, 2.75) is 20.8 Å². The summed E-state index contributed by atoms with van der Waals surface area (Å²) in [4.78, 5) is 23.3. The second-order valence-corrected chi connectivity index (χ2v) is 5.06. The Balaban J connectivity index is 2.28. The molecule has 0 atom stereocenters. The monoisotopic (exact) mass is 283 g/mol. The molecule has 0 aromatic heterocycles. The molecule has 0 fully saturated rings. The number of aromatic carboxylic acids is 1. The van der Waals surface area contributed by atoms with E-state index >= 15 is 0 Å². The Labute approximate surface area is 123 Å². The number of carbonyl (C=O) groups is 2. The number of carboxylic acid groups (broad SMARTS) is 1. The van der Waals surface area contributed by atoms with Gasteiger partial charge in [-0.1, -0.05) is 18.2 Å². The highest BCUT2D eigenvalue weighted by Crippen LogP contribution is 2.19. The molecule has 2 rings (SSSR count). The van der Waals surface area contributed by atoms with E-state index in [0.29, 0.717) is 16.8 Å². The van der Waals surface area contributed by atoms with Gasteiger partial charge in [0.25, 0.3) is 5.91 Å². The van der Waals surface area contributed by atoms with Gasteiger partial charge in [0.15, 0.2) is 0 Å². The molecule has 0 heterocycles. The Morgan fingerprint density at radius 2 is 1.57 bits per heavy atom. The highest BCUT2D eigenvalue weighted by atomic mass is 16.4. The molecule has 0 aliphatic rings. The zero-order valence-corrected chi connectivity index (χ0v) is 12.2. The molecule has 0 bridgehead atoms. The minimum absolute atomic E-state index is 0.187. The molecule has 0 saturated heterocycles. The third-order valence-corrected chi connectivity index (χ3v) is 3.42. The second-order valence-electron chi connectivity index (χ2n) is 5.06. The smallest absolute Gasteiger partial charge is 0.335 e.